The Bertz CT molecular complexity index is 2210. The van der Waals surface area contributed by atoms with Crippen LogP contribution in [0.15, 0.2) is 84.9 Å². The fourth-order valence-corrected chi connectivity index (χ4v) is 10.5. The molecule has 5 aliphatic rings. The molecule has 2 fully saturated rings. The molecule has 306 valence electrons. The van der Waals surface area contributed by atoms with E-state index in [1.165, 1.54) is 16.8 Å². The van der Waals surface area contributed by atoms with Crippen molar-refractivity contribution < 1.29 is 29.0 Å². The molecule has 0 aromatic heterocycles. The highest BCUT2D eigenvalue weighted by molar-refractivity contribution is 6.02. The quantitative estimate of drug-likeness (QED) is 0.179. The first kappa shape index (κ1) is 38.8. The number of fused-ring (bicyclic) bond motifs is 3. The Morgan fingerprint density at radius 1 is 0.847 bits per heavy atom. The molecule has 2 N–H and O–H groups in total. The molecule has 3 atom stereocenters. The molecule has 4 aromatic carbocycles. The fourth-order valence-electron chi connectivity index (χ4n) is 10.5. The summed E-state index contributed by atoms with van der Waals surface area (Å²) in [6.45, 7) is 7.72. The number of nitrogens with zero attached hydrogens (tertiary/aromatic N) is 4. The van der Waals surface area contributed by atoms with Gasteiger partial charge in [0, 0.05) is 79.4 Å². The summed E-state index contributed by atoms with van der Waals surface area (Å²) in [7, 11) is 0. The van der Waals surface area contributed by atoms with E-state index in [9.17, 15) is 24.3 Å². The average molecular weight is 796 g/mol. The number of carbonyl (C=O) groups is 4. The number of hydrogen-bond acceptors (Lipinski definition) is 8. The fraction of sp³-hybridized carbons (Fsp3) is 0.417. The van der Waals surface area contributed by atoms with Gasteiger partial charge in [0.15, 0.2) is 0 Å². The van der Waals surface area contributed by atoms with Crippen molar-refractivity contribution >= 4 is 29.8 Å². The number of amides is 4. The highest BCUT2D eigenvalue weighted by Gasteiger charge is 2.40. The van der Waals surface area contributed by atoms with Gasteiger partial charge in [-0.15, -0.1) is 0 Å². The molecule has 11 nitrogen and oxygen atoms in total. The molecule has 0 aliphatic carbocycles. The van der Waals surface area contributed by atoms with Crippen molar-refractivity contribution in [2.75, 3.05) is 37.7 Å². The van der Waals surface area contributed by atoms with E-state index in [0.29, 0.717) is 57.1 Å². The van der Waals surface area contributed by atoms with Crippen LogP contribution in [0.1, 0.15) is 101 Å². The van der Waals surface area contributed by atoms with Gasteiger partial charge in [-0.1, -0.05) is 67.9 Å². The van der Waals surface area contributed by atoms with Gasteiger partial charge < -0.3 is 29.4 Å². The van der Waals surface area contributed by atoms with E-state index >= 15 is 0 Å². The number of piperidine rings is 2. The minimum atomic E-state index is -0.691. The lowest BCUT2D eigenvalue weighted by Gasteiger charge is -2.42. The smallest absolute Gasteiger partial charge is 0.255 e. The molecule has 2 saturated heterocycles. The first-order valence-electron chi connectivity index (χ1n) is 21.4. The maximum atomic E-state index is 13.8. The number of phenols is 1. The van der Waals surface area contributed by atoms with Gasteiger partial charge in [0.05, 0.1) is 6.61 Å². The third kappa shape index (κ3) is 7.57. The lowest BCUT2D eigenvalue weighted by Crippen LogP contribution is -2.49. The Balaban J connectivity index is 0.775. The van der Waals surface area contributed by atoms with Gasteiger partial charge in [-0.2, -0.15) is 0 Å². The third-order valence-electron chi connectivity index (χ3n) is 13.6. The molecular weight excluding hydrogens is 743 g/mol. The first-order valence-corrected chi connectivity index (χ1v) is 21.4. The van der Waals surface area contributed by atoms with Crippen LogP contribution in [0.4, 0.5) is 5.69 Å². The van der Waals surface area contributed by atoms with Crippen molar-refractivity contribution in [2.45, 2.75) is 89.0 Å². The number of imide groups is 1. The SMILES string of the molecule is CCCC(C(=O)NC=O)N1Cc2cc3c(cc2C1=O)CN(C(=O)C1CCN(C2CCN(c4ccc(C5c6ccc(O)cc6OCC5c5ccccc5)cc4)CC2)CC1)C3. The van der Waals surface area contributed by atoms with Crippen LogP contribution in [0.5, 0.6) is 11.5 Å². The first-order chi connectivity index (χ1) is 28.8. The van der Waals surface area contributed by atoms with Crippen LogP contribution >= 0.6 is 0 Å². The summed E-state index contributed by atoms with van der Waals surface area (Å²) in [6.07, 6.45) is 5.46. The van der Waals surface area contributed by atoms with Crippen molar-refractivity contribution in [2.24, 2.45) is 5.92 Å². The van der Waals surface area contributed by atoms with Gasteiger partial charge in [-0.05, 0) is 97.3 Å². The third-order valence-corrected chi connectivity index (χ3v) is 13.6. The molecule has 5 aliphatic heterocycles. The minimum Gasteiger partial charge on any atom is -0.508 e. The number of nitrogens with one attached hydrogen (secondary N) is 1. The average Bonchev–Trinajstić information content (AvgIpc) is 3.84. The summed E-state index contributed by atoms with van der Waals surface area (Å²) in [5, 5.41) is 12.4. The number of benzene rings is 4. The molecule has 11 heteroatoms. The van der Waals surface area contributed by atoms with Crippen molar-refractivity contribution in [1.82, 2.24) is 20.0 Å². The lowest BCUT2D eigenvalue weighted by molar-refractivity contribution is -0.138. The second-order valence-corrected chi connectivity index (χ2v) is 17.0. The van der Waals surface area contributed by atoms with E-state index in [-0.39, 0.29) is 35.3 Å². The van der Waals surface area contributed by atoms with Gasteiger partial charge in [0.25, 0.3) is 5.91 Å². The minimum absolute atomic E-state index is 0.00383. The Hall–Kier alpha value is -5.68. The molecule has 0 saturated carbocycles. The van der Waals surface area contributed by atoms with Gasteiger partial charge >= 0.3 is 0 Å². The summed E-state index contributed by atoms with van der Waals surface area (Å²) >= 11 is 0. The van der Waals surface area contributed by atoms with Crippen LogP contribution in [0.25, 0.3) is 0 Å². The molecule has 4 aromatic rings. The predicted molar refractivity (Wildman–Crippen MR) is 224 cm³/mol. The van der Waals surface area contributed by atoms with Crippen LogP contribution in [0.3, 0.4) is 0 Å². The predicted octanol–water partition coefficient (Wildman–Crippen LogP) is 6.32. The summed E-state index contributed by atoms with van der Waals surface area (Å²) < 4.78 is 6.18. The largest absolute Gasteiger partial charge is 0.508 e. The zero-order valence-electron chi connectivity index (χ0n) is 33.7. The van der Waals surface area contributed by atoms with E-state index < -0.39 is 11.9 Å². The van der Waals surface area contributed by atoms with Crippen LogP contribution in [0.2, 0.25) is 0 Å². The topological polar surface area (TPSA) is 123 Å². The zero-order chi connectivity index (χ0) is 40.6. The normalized spacial score (nSPS) is 21.4. The zero-order valence-corrected chi connectivity index (χ0v) is 33.7. The summed E-state index contributed by atoms with van der Waals surface area (Å²) in [4.78, 5) is 59.5. The van der Waals surface area contributed by atoms with Crippen LogP contribution < -0.4 is 15.0 Å². The second kappa shape index (κ2) is 16.5. The highest BCUT2D eigenvalue weighted by Crippen LogP contribution is 2.47. The number of carbonyl (C=O) groups excluding carboxylic acids is 4. The Morgan fingerprint density at radius 3 is 2.29 bits per heavy atom. The number of rotatable bonds is 10. The maximum Gasteiger partial charge on any atom is 0.255 e. The van der Waals surface area contributed by atoms with E-state index in [1.54, 1.807) is 17.0 Å². The van der Waals surface area contributed by atoms with Crippen molar-refractivity contribution in [3.63, 3.8) is 0 Å². The summed E-state index contributed by atoms with van der Waals surface area (Å²) in [5.41, 5.74) is 8.37. The van der Waals surface area contributed by atoms with Crippen LogP contribution in [-0.4, -0.2) is 88.8 Å². The van der Waals surface area contributed by atoms with E-state index in [1.807, 2.05) is 36.1 Å². The van der Waals surface area contributed by atoms with Gasteiger partial charge in [0.1, 0.15) is 17.5 Å². The van der Waals surface area contributed by atoms with Crippen LogP contribution in [0, 0.1) is 5.92 Å². The van der Waals surface area contributed by atoms with E-state index in [0.717, 1.165) is 79.9 Å². The molecule has 3 unspecified atom stereocenters. The Morgan fingerprint density at radius 2 is 1.58 bits per heavy atom. The number of likely N-dealkylation sites (tertiary alicyclic amines) is 1. The Kier molecular flexibility index (Phi) is 10.9. The van der Waals surface area contributed by atoms with Crippen LogP contribution in [-0.2, 0) is 34.0 Å². The monoisotopic (exact) mass is 795 g/mol. The van der Waals surface area contributed by atoms with E-state index in [2.05, 4.69) is 63.6 Å². The lowest BCUT2D eigenvalue weighted by atomic mass is 9.76. The van der Waals surface area contributed by atoms with Crippen molar-refractivity contribution in [3.05, 3.63) is 124 Å². The van der Waals surface area contributed by atoms with Gasteiger partial charge in [-0.3, -0.25) is 24.5 Å². The molecule has 4 amide bonds. The van der Waals surface area contributed by atoms with Crippen molar-refractivity contribution in [3.8, 4) is 11.5 Å². The molecule has 0 bridgehead atoms. The standard InChI is InChI=1S/C48H53N5O6/c1-2-6-43(46(56)49-30-54)53-28-36-23-34-26-52(27-35(34)24-41(36)48(53)58)47(57)33-15-19-50(20-16-33)38-17-21-51(22-18-38)37-11-9-32(10-12-37)45-40-14-13-39(55)25-44(40)59-29-42(45)31-7-4-3-5-8-31/h3-5,7-14,23-25,30,33,38,42-43,45,55H,2,6,15-22,26-29H2,1H3,(H,49,54,56). The maximum absolute atomic E-state index is 13.8. The molecular formula is C48H53N5O6. The van der Waals surface area contributed by atoms with Gasteiger partial charge in [0.2, 0.25) is 18.2 Å². The van der Waals surface area contributed by atoms with Gasteiger partial charge in [-0.25, -0.2) is 0 Å². The number of anilines is 1. The molecule has 0 spiro atoms. The number of aromatic hydroxyl groups is 1. The Labute approximate surface area is 345 Å². The molecule has 9 rings (SSSR count). The van der Waals surface area contributed by atoms with E-state index in [4.69, 9.17) is 4.74 Å². The summed E-state index contributed by atoms with van der Waals surface area (Å²) in [5.74, 6) is 0.813. The molecule has 0 radical (unpaired) electrons. The number of phenolic OH excluding ortho intramolecular Hbond substituents is 1. The molecule has 59 heavy (non-hydrogen) atoms. The molecule has 5 heterocycles. The second-order valence-electron chi connectivity index (χ2n) is 17.0. The summed E-state index contributed by atoms with van der Waals surface area (Å²) in [6, 6.07) is 28.9. The number of ether oxygens (including phenoxy) is 1. The highest BCUT2D eigenvalue weighted by atomic mass is 16.5. The number of hydrogen-bond donors (Lipinski definition) is 2. The van der Waals surface area contributed by atoms with Crippen molar-refractivity contribution in [1.29, 1.82) is 0 Å².